The van der Waals surface area contributed by atoms with E-state index in [2.05, 4.69) is 5.32 Å². The minimum atomic E-state index is -6.15. The third-order valence-electron chi connectivity index (χ3n) is 6.81. The molecule has 1 aromatic rings. The fourth-order valence-corrected chi connectivity index (χ4v) is 4.83. The van der Waals surface area contributed by atoms with E-state index in [9.17, 15) is 35.5 Å². The summed E-state index contributed by atoms with van der Waals surface area (Å²) in [5.74, 6) is -0.239. The van der Waals surface area contributed by atoms with Crippen LogP contribution in [0.25, 0.3) is 0 Å². The van der Waals surface area contributed by atoms with Crippen LogP contribution < -0.4 is 10.1 Å². The molecule has 3 rings (SSSR count). The van der Waals surface area contributed by atoms with Crippen molar-refractivity contribution in [1.82, 2.24) is 9.80 Å². The molecule has 0 atom stereocenters. The topological polar surface area (TPSA) is 44.8 Å². The van der Waals surface area contributed by atoms with Crippen LogP contribution >= 0.6 is 12.2 Å². The third kappa shape index (κ3) is 5.92. The van der Waals surface area contributed by atoms with E-state index in [4.69, 9.17) is 17.0 Å². The number of alkyl halides is 7. The predicted molar refractivity (Wildman–Crippen MR) is 119 cm³/mol. The number of rotatable bonds is 5. The number of nitrogens with zero attached hydrogens (tertiary/aromatic N) is 2. The molecule has 1 aromatic carbocycles. The smallest absolute Gasteiger partial charge is 0.431 e. The molecular weight excluding hydrogens is 503 g/mol. The van der Waals surface area contributed by atoms with E-state index >= 15 is 0 Å². The number of ether oxygens (including phenoxy) is 1. The quantitative estimate of drug-likeness (QED) is 0.413. The number of hydrogen-bond acceptors (Lipinski definition) is 3. The largest absolute Gasteiger partial charge is 0.497 e. The minimum Gasteiger partial charge on any atom is -0.497 e. The fourth-order valence-electron chi connectivity index (χ4n) is 4.53. The first-order valence-electron chi connectivity index (χ1n) is 11.0. The predicted octanol–water partition coefficient (Wildman–Crippen LogP) is 5.32. The average Bonchev–Trinajstić information content (AvgIpc) is 3.19. The molecule has 0 radical (unpaired) electrons. The Morgan fingerprint density at radius 3 is 2.14 bits per heavy atom. The number of piperidine rings is 1. The number of halogens is 7. The van der Waals surface area contributed by atoms with E-state index in [1.807, 2.05) is 17.0 Å². The monoisotopic (exact) mass is 529 g/mol. The Bertz CT molecular complexity index is 916. The van der Waals surface area contributed by atoms with Crippen LogP contribution in [0.5, 0.6) is 5.75 Å². The zero-order valence-corrected chi connectivity index (χ0v) is 19.8. The molecular formula is C22H26F7N3O2S. The summed E-state index contributed by atoms with van der Waals surface area (Å²) in [5.41, 5.74) is -4.95. The number of thiocarbonyl (C=S) groups is 1. The van der Waals surface area contributed by atoms with Crippen molar-refractivity contribution in [2.24, 2.45) is 5.41 Å². The maximum Gasteiger partial charge on any atom is 0.431 e. The van der Waals surface area contributed by atoms with Gasteiger partial charge in [-0.15, -0.1) is 0 Å². The van der Waals surface area contributed by atoms with Gasteiger partial charge in [0.1, 0.15) is 5.75 Å². The summed E-state index contributed by atoms with van der Waals surface area (Å²) < 4.78 is 95.5. The first kappa shape index (κ1) is 27.3. The van der Waals surface area contributed by atoms with Crippen LogP contribution in [0.2, 0.25) is 0 Å². The van der Waals surface area contributed by atoms with Crippen LogP contribution in [0, 0.1) is 5.41 Å². The number of benzene rings is 1. The van der Waals surface area contributed by atoms with Gasteiger partial charge in [0.15, 0.2) is 5.11 Å². The molecule has 2 aliphatic rings. The highest BCUT2D eigenvalue weighted by Gasteiger charge is 2.72. The summed E-state index contributed by atoms with van der Waals surface area (Å²) in [5, 5.41) is 3.65. The number of hydrogen-bond donors (Lipinski definition) is 1. The van der Waals surface area contributed by atoms with Gasteiger partial charge in [-0.05, 0) is 49.0 Å². The van der Waals surface area contributed by atoms with Crippen molar-refractivity contribution in [1.29, 1.82) is 0 Å². The fraction of sp³-hybridized carbons (Fsp3) is 0.636. The van der Waals surface area contributed by atoms with Crippen LogP contribution in [0.3, 0.4) is 0 Å². The number of carbonyl (C=O) groups excluding carboxylic acids is 1. The Morgan fingerprint density at radius 1 is 1.03 bits per heavy atom. The molecule has 196 valence electrons. The van der Waals surface area contributed by atoms with Crippen LogP contribution in [0.1, 0.15) is 32.1 Å². The van der Waals surface area contributed by atoms with Gasteiger partial charge >= 0.3 is 12.4 Å². The summed E-state index contributed by atoms with van der Waals surface area (Å²) in [6.45, 7) is 1.58. The molecule has 2 saturated heterocycles. The highest BCUT2D eigenvalue weighted by molar-refractivity contribution is 7.80. The summed E-state index contributed by atoms with van der Waals surface area (Å²) in [4.78, 5) is 15.6. The molecule has 5 nitrogen and oxygen atoms in total. The van der Waals surface area contributed by atoms with Crippen molar-refractivity contribution in [3.05, 3.63) is 24.3 Å². The Balaban J connectivity index is 1.52. The number of nitrogens with one attached hydrogen (secondary N) is 1. The van der Waals surface area contributed by atoms with Gasteiger partial charge < -0.3 is 19.9 Å². The van der Waals surface area contributed by atoms with E-state index in [0.717, 1.165) is 5.69 Å². The lowest BCUT2D eigenvalue weighted by Crippen LogP contribution is -2.53. The Hall–Kier alpha value is -2.31. The maximum atomic E-state index is 13.9. The third-order valence-corrected chi connectivity index (χ3v) is 7.17. The normalized spacial score (nSPS) is 18.6. The molecule has 0 aliphatic carbocycles. The van der Waals surface area contributed by atoms with Gasteiger partial charge in [0.05, 0.1) is 7.11 Å². The van der Waals surface area contributed by atoms with E-state index in [0.29, 0.717) is 43.2 Å². The van der Waals surface area contributed by atoms with Gasteiger partial charge in [0, 0.05) is 50.8 Å². The first-order chi connectivity index (χ1) is 16.2. The van der Waals surface area contributed by atoms with Crippen molar-refractivity contribution < 1.29 is 40.3 Å². The van der Waals surface area contributed by atoms with E-state index in [1.165, 1.54) is 4.90 Å². The number of carbonyl (C=O) groups is 1. The van der Waals surface area contributed by atoms with Crippen LogP contribution in [0.15, 0.2) is 24.3 Å². The Labute approximate surface area is 203 Å². The molecule has 0 bridgehead atoms. The second-order valence-corrected chi connectivity index (χ2v) is 9.40. The maximum absolute atomic E-state index is 13.9. The number of anilines is 1. The van der Waals surface area contributed by atoms with Crippen molar-refractivity contribution in [3.63, 3.8) is 0 Å². The molecule has 35 heavy (non-hydrogen) atoms. The SMILES string of the molecule is COc1cccc(NC(=S)N2CCC3(CCN(C(=O)CCC(F)(C(F)(F)F)C(F)(F)F)C3)CC2)c1. The molecule has 1 spiro atoms. The number of amides is 1. The van der Waals surface area contributed by atoms with Crippen LogP contribution in [-0.4, -0.2) is 72.1 Å². The summed E-state index contributed by atoms with van der Waals surface area (Å²) in [7, 11) is 1.55. The van der Waals surface area contributed by atoms with Crippen molar-refractivity contribution in [2.45, 2.75) is 50.1 Å². The van der Waals surface area contributed by atoms with E-state index in [-0.39, 0.29) is 18.5 Å². The summed E-state index contributed by atoms with van der Waals surface area (Å²) in [6.07, 6.45) is -13.6. The van der Waals surface area contributed by atoms with Crippen molar-refractivity contribution in [3.8, 4) is 5.75 Å². The molecule has 0 unspecified atom stereocenters. The number of methoxy groups -OCH3 is 1. The van der Waals surface area contributed by atoms with Gasteiger partial charge in [-0.3, -0.25) is 4.79 Å². The summed E-state index contributed by atoms with van der Waals surface area (Å²) >= 11 is 5.48. The van der Waals surface area contributed by atoms with Gasteiger partial charge in [0.2, 0.25) is 5.91 Å². The molecule has 2 fully saturated rings. The molecule has 13 heteroatoms. The molecule has 2 aliphatic heterocycles. The van der Waals surface area contributed by atoms with Gasteiger partial charge in [-0.2, -0.15) is 26.3 Å². The second-order valence-electron chi connectivity index (χ2n) is 9.01. The van der Waals surface area contributed by atoms with Gasteiger partial charge in [-0.25, -0.2) is 4.39 Å². The van der Waals surface area contributed by atoms with E-state index in [1.54, 1.807) is 19.2 Å². The van der Waals surface area contributed by atoms with Crippen molar-refractivity contribution >= 4 is 28.9 Å². The molecule has 0 aromatic heterocycles. The van der Waals surface area contributed by atoms with Crippen LogP contribution in [-0.2, 0) is 4.79 Å². The lowest BCUT2D eigenvalue weighted by atomic mass is 9.78. The highest BCUT2D eigenvalue weighted by atomic mass is 32.1. The van der Waals surface area contributed by atoms with Gasteiger partial charge in [0.25, 0.3) is 5.67 Å². The second kappa shape index (κ2) is 9.98. The van der Waals surface area contributed by atoms with E-state index < -0.39 is 36.8 Å². The Morgan fingerprint density at radius 2 is 1.60 bits per heavy atom. The lowest BCUT2D eigenvalue weighted by Gasteiger charge is -2.40. The lowest BCUT2D eigenvalue weighted by molar-refractivity contribution is -0.343. The molecule has 0 saturated carbocycles. The van der Waals surface area contributed by atoms with Crippen LogP contribution in [0.4, 0.5) is 36.4 Å². The highest BCUT2D eigenvalue weighted by Crippen LogP contribution is 2.49. The summed E-state index contributed by atoms with van der Waals surface area (Å²) in [6, 6.07) is 7.24. The molecule has 2 heterocycles. The first-order valence-corrected chi connectivity index (χ1v) is 11.4. The average molecular weight is 530 g/mol. The minimum absolute atomic E-state index is 0.211. The van der Waals surface area contributed by atoms with Gasteiger partial charge in [-0.1, -0.05) is 6.07 Å². The number of likely N-dealkylation sites (tertiary alicyclic amines) is 2. The molecule has 1 amide bonds. The zero-order chi connectivity index (χ0) is 26.1. The van der Waals surface area contributed by atoms with Crippen molar-refractivity contribution in [2.75, 3.05) is 38.6 Å². The standard InChI is InChI=1S/C22H26F7N3O2S/c1-34-16-4-2-3-15(13-16)30-18(35)31-10-7-19(8-11-31)9-12-32(14-19)17(33)5-6-20(23,21(24,25)26)22(27,28)29/h2-4,13H,5-12,14H2,1H3,(H,30,35). The zero-order valence-electron chi connectivity index (χ0n) is 18.9. The Kier molecular flexibility index (Phi) is 7.78. The molecule has 1 N–H and O–H groups in total.